The third kappa shape index (κ3) is 20.7. The first-order valence-corrected chi connectivity index (χ1v) is 36.3. The van der Waals surface area contributed by atoms with Crippen LogP contribution < -0.4 is 40.2 Å². The summed E-state index contributed by atoms with van der Waals surface area (Å²) in [5.74, 6) is 0.748. The number of carbonyl (C=O) groups excluding carboxylic acids is 4. The number of nitrogens with zero attached hydrogens (tertiary/aromatic N) is 4. The molecule has 2 atom stereocenters. The average molecular weight is 1420 g/mol. The molecule has 0 fully saturated rings. The Hall–Kier alpha value is -11.9. The Morgan fingerprint density at radius 2 is 0.726 bits per heavy atom. The van der Waals surface area contributed by atoms with Crippen LogP contribution in [0, 0.1) is 27.7 Å². The van der Waals surface area contributed by atoms with Crippen LogP contribution in [0.5, 0.6) is 23.0 Å². The Morgan fingerprint density at radius 1 is 0.387 bits per heavy atom. The highest BCUT2D eigenvalue weighted by Gasteiger charge is 2.32. The van der Waals surface area contributed by atoms with Gasteiger partial charge in [-0.1, -0.05) is 97.1 Å². The number of hydrogen-bond donors (Lipinski definition) is 4. The van der Waals surface area contributed by atoms with Crippen LogP contribution >= 0.6 is 0 Å². The van der Waals surface area contributed by atoms with E-state index < -0.39 is 11.9 Å². The standard InChI is InChI=1S/2C44H46N4O5/c2*1-5-41(49)52-28-9-7-6-8-27-51-34-20-16-33(17-21-34)43(50)53-35-18-14-32(15-19-35)25-26-44(4)45-39-12-10-11-36-38(23-24-40(46-44)42(36)39)48-47-37-22-13-30(2)29-31(37)3/h2*5,10-24,29,45-46H,1,6-9,25-28H2,2-4H3. The van der Waals surface area contributed by atoms with Crippen LogP contribution in [0.25, 0.3) is 21.5 Å². The molecule has 18 heteroatoms. The summed E-state index contributed by atoms with van der Waals surface area (Å²) in [5.41, 5.74) is 14.6. The topological polar surface area (TPSA) is 221 Å². The highest BCUT2D eigenvalue weighted by molar-refractivity contribution is 6.11. The largest absolute Gasteiger partial charge is 0.494 e. The van der Waals surface area contributed by atoms with Crippen molar-refractivity contribution in [1.82, 2.24) is 0 Å². The number of unbranched alkanes of at least 4 members (excludes halogenated alkanes) is 6. The second-order valence-electron chi connectivity index (χ2n) is 27.2. The lowest BCUT2D eigenvalue weighted by molar-refractivity contribution is -0.138. The van der Waals surface area contributed by atoms with Crippen LogP contribution in [0.4, 0.5) is 45.5 Å². The zero-order chi connectivity index (χ0) is 74.4. The van der Waals surface area contributed by atoms with Crippen LogP contribution in [0.1, 0.15) is 132 Å². The number of rotatable bonds is 32. The monoisotopic (exact) mass is 1420 g/mol. The van der Waals surface area contributed by atoms with E-state index in [0.29, 0.717) is 60.6 Å². The molecule has 10 aromatic rings. The van der Waals surface area contributed by atoms with Gasteiger partial charge >= 0.3 is 23.9 Å². The molecular weight excluding hydrogens is 1330 g/mol. The third-order valence-electron chi connectivity index (χ3n) is 18.6. The number of aryl methyl sites for hydroxylation is 6. The second-order valence-corrected chi connectivity index (χ2v) is 27.2. The molecule has 0 amide bonds. The van der Waals surface area contributed by atoms with E-state index in [2.05, 4.69) is 169 Å². The zero-order valence-corrected chi connectivity index (χ0v) is 61.2. The van der Waals surface area contributed by atoms with Gasteiger partial charge in [-0.2, -0.15) is 10.2 Å². The molecule has 10 aromatic carbocycles. The lowest BCUT2D eigenvalue weighted by Gasteiger charge is -2.39. The summed E-state index contributed by atoms with van der Waals surface area (Å²) < 4.78 is 32.9. The van der Waals surface area contributed by atoms with E-state index in [1.165, 1.54) is 23.3 Å². The minimum absolute atomic E-state index is 0.381. The van der Waals surface area contributed by atoms with Crippen molar-refractivity contribution < 1.29 is 47.6 Å². The lowest BCUT2D eigenvalue weighted by atomic mass is 9.95. The van der Waals surface area contributed by atoms with Crippen LogP contribution in [0.15, 0.2) is 240 Å². The number of ether oxygens (including phenoxy) is 6. The number of carbonyl (C=O) groups is 4. The molecule has 2 aliphatic rings. The van der Waals surface area contributed by atoms with Crippen molar-refractivity contribution in [3.8, 4) is 23.0 Å². The van der Waals surface area contributed by atoms with Crippen molar-refractivity contribution in [1.29, 1.82) is 0 Å². The van der Waals surface area contributed by atoms with E-state index >= 15 is 0 Å². The average Bonchev–Trinajstić information content (AvgIpc) is 0.757. The van der Waals surface area contributed by atoms with Gasteiger partial charge in [0.1, 0.15) is 34.3 Å². The first-order chi connectivity index (χ1) is 51.4. The van der Waals surface area contributed by atoms with Gasteiger partial charge in [0.25, 0.3) is 0 Å². The van der Waals surface area contributed by atoms with Gasteiger partial charge in [-0.05, 0) is 262 Å². The maximum atomic E-state index is 12.8. The molecule has 0 saturated carbocycles. The number of benzene rings is 10. The summed E-state index contributed by atoms with van der Waals surface area (Å²) >= 11 is 0. The van der Waals surface area contributed by atoms with Crippen molar-refractivity contribution in [3.63, 3.8) is 0 Å². The van der Waals surface area contributed by atoms with E-state index in [1.807, 2.05) is 72.8 Å². The minimum atomic E-state index is -0.424. The normalized spacial score (nSPS) is 14.7. The smallest absolute Gasteiger partial charge is 0.343 e. The summed E-state index contributed by atoms with van der Waals surface area (Å²) in [6.45, 7) is 21.3. The zero-order valence-electron chi connectivity index (χ0n) is 61.2. The molecule has 106 heavy (non-hydrogen) atoms. The van der Waals surface area contributed by atoms with Gasteiger partial charge in [-0.3, -0.25) is 0 Å². The number of azo groups is 2. The van der Waals surface area contributed by atoms with Crippen molar-refractivity contribution in [2.24, 2.45) is 20.5 Å². The summed E-state index contributed by atoms with van der Waals surface area (Å²) in [6.07, 6.45) is 12.8. The number of hydrogen-bond acceptors (Lipinski definition) is 18. The third-order valence-corrected chi connectivity index (χ3v) is 18.6. The molecular formula is C88H92N8O10. The summed E-state index contributed by atoms with van der Waals surface area (Å²) in [4.78, 5) is 47.8. The van der Waals surface area contributed by atoms with E-state index in [9.17, 15) is 19.2 Å². The van der Waals surface area contributed by atoms with Crippen molar-refractivity contribution >= 4 is 90.9 Å². The second kappa shape index (κ2) is 36.0. The van der Waals surface area contributed by atoms with E-state index in [-0.39, 0.29) is 23.3 Å². The first-order valence-electron chi connectivity index (χ1n) is 36.3. The minimum Gasteiger partial charge on any atom is -0.494 e. The molecule has 4 N–H and O–H groups in total. The molecule has 0 bridgehead atoms. The Bertz CT molecular complexity index is 4500. The van der Waals surface area contributed by atoms with Crippen molar-refractivity contribution in [3.05, 3.63) is 264 Å². The highest BCUT2D eigenvalue weighted by Crippen LogP contribution is 2.45. The summed E-state index contributed by atoms with van der Waals surface area (Å²) in [6, 6.07) is 62.4. The van der Waals surface area contributed by atoms with Gasteiger partial charge in [-0.25, -0.2) is 19.2 Å². The highest BCUT2D eigenvalue weighted by atomic mass is 16.5. The SMILES string of the molecule is C=CC(=O)OCCCCCCOc1ccc(C(=O)Oc2ccc(CCC3(C)Nc4cccc5c(N=Nc6ccc(C)cc6C)ccc(c45)N3)cc2)cc1.C=CC(=O)OCCCCCCOc1ccc(C(=O)Oc2ccc(CCC3(C)Nc4cccc5c(N=Nc6ccc(C)cc6C)ccc(c45)N3)cc2)cc1. The summed E-state index contributed by atoms with van der Waals surface area (Å²) in [5, 5.41) is 37.6. The van der Waals surface area contributed by atoms with E-state index in [4.69, 9.17) is 28.4 Å². The Kier molecular flexibility index (Phi) is 25.5. The molecule has 544 valence electrons. The molecule has 0 spiro atoms. The molecule has 2 aliphatic heterocycles. The Labute approximate surface area is 620 Å². The lowest BCUT2D eigenvalue weighted by Crippen LogP contribution is -2.45. The Morgan fingerprint density at radius 3 is 1.09 bits per heavy atom. The van der Waals surface area contributed by atoms with Gasteiger partial charge in [0, 0.05) is 56.4 Å². The van der Waals surface area contributed by atoms with Crippen LogP contribution in [-0.2, 0) is 31.9 Å². The molecule has 0 saturated heterocycles. The maximum Gasteiger partial charge on any atom is 0.343 e. The van der Waals surface area contributed by atoms with Gasteiger partial charge in [-0.15, -0.1) is 10.2 Å². The molecule has 0 aliphatic carbocycles. The fourth-order valence-electron chi connectivity index (χ4n) is 12.8. The fraction of sp³-hybridized carbons (Fsp3) is 0.273. The summed E-state index contributed by atoms with van der Waals surface area (Å²) in [7, 11) is 0. The molecule has 12 rings (SSSR count). The van der Waals surface area contributed by atoms with Crippen LogP contribution in [-0.4, -0.2) is 61.6 Å². The van der Waals surface area contributed by atoms with Gasteiger partial charge in [0.05, 0.1) is 60.3 Å². The molecule has 2 heterocycles. The van der Waals surface area contributed by atoms with E-state index in [0.717, 1.165) is 166 Å². The molecule has 2 unspecified atom stereocenters. The predicted molar refractivity (Wildman–Crippen MR) is 422 cm³/mol. The van der Waals surface area contributed by atoms with Crippen LogP contribution in [0.3, 0.4) is 0 Å². The van der Waals surface area contributed by atoms with Crippen molar-refractivity contribution in [2.45, 2.75) is 130 Å². The maximum absolute atomic E-state index is 12.8. The fourth-order valence-corrected chi connectivity index (χ4v) is 12.8. The van der Waals surface area contributed by atoms with Gasteiger partial charge in [0.2, 0.25) is 0 Å². The molecule has 18 nitrogen and oxygen atoms in total. The van der Waals surface area contributed by atoms with Gasteiger partial charge in [0.15, 0.2) is 0 Å². The number of nitrogens with one attached hydrogen (secondary N) is 4. The number of anilines is 4. The van der Waals surface area contributed by atoms with E-state index in [1.54, 1.807) is 48.5 Å². The molecule has 0 aromatic heterocycles. The predicted octanol–water partition coefficient (Wildman–Crippen LogP) is 21.9. The number of esters is 4. The van der Waals surface area contributed by atoms with Crippen LogP contribution in [0.2, 0.25) is 0 Å². The van der Waals surface area contributed by atoms with Gasteiger partial charge < -0.3 is 49.7 Å². The molecule has 0 radical (unpaired) electrons. The first kappa shape index (κ1) is 75.2. The quantitative estimate of drug-likeness (QED) is 0.0101. The Balaban J connectivity index is 0.000000212. The van der Waals surface area contributed by atoms with Crippen molar-refractivity contribution in [2.75, 3.05) is 47.7 Å².